The van der Waals surface area contributed by atoms with E-state index < -0.39 is 16.6 Å². The number of carbonyl (C=O) groups excluding carboxylic acids is 2. The first-order chi connectivity index (χ1) is 12.2. The van der Waals surface area contributed by atoms with E-state index in [1.807, 2.05) is 20.8 Å². The van der Waals surface area contributed by atoms with Gasteiger partial charge in [-0.2, -0.15) is 0 Å². The van der Waals surface area contributed by atoms with E-state index >= 15 is 0 Å². The Hall–Kier alpha value is -2.71. The zero-order chi connectivity index (χ0) is 19.1. The summed E-state index contributed by atoms with van der Waals surface area (Å²) in [7, 11) is 0. The number of fused-ring (bicyclic) bond motifs is 2. The van der Waals surface area contributed by atoms with Gasteiger partial charge in [0.1, 0.15) is 5.60 Å². The molecule has 9 nitrogen and oxygen atoms in total. The first-order valence-electron chi connectivity index (χ1n) is 8.58. The smallest absolute Gasteiger partial charge is 0.410 e. The molecule has 140 valence electrons. The van der Waals surface area contributed by atoms with Crippen LogP contribution in [0.3, 0.4) is 0 Å². The summed E-state index contributed by atoms with van der Waals surface area (Å²) in [6.45, 7) is 5.76. The Morgan fingerprint density at radius 1 is 1.31 bits per heavy atom. The lowest BCUT2D eigenvalue weighted by atomic mass is 10.1. The lowest BCUT2D eigenvalue weighted by molar-refractivity contribution is -0.389. The van der Waals surface area contributed by atoms with E-state index in [0.717, 1.165) is 12.8 Å². The van der Waals surface area contributed by atoms with Crippen molar-refractivity contribution >= 4 is 23.5 Å². The molecule has 2 aliphatic rings. The van der Waals surface area contributed by atoms with Gasteiger partial charge in [0.2, 0.25) is 5.91 Å². The summed E-state index contributed by atoms with van der Waals surface area (Å²) >= 11 is 0. The number of pyridine rings is 1. The van der Waals surface area contributed by atoms with Crippen molar-refractivity contribution in [1.82, 2.24) is 9.88 Å². The molecule has 2 bridgehead atoms. The molecular weight excluding hydrogens is 340 g/mol. The first-order valence-corrected chi connectivity index (χ1v) is 8.58. The summed E-state index contributed by atoms with van der Waals surface area (Å²) in [4.78, 5) is 42.4. The van der Waals surface area contributed by atoms with Crippen molar-refractivity contribution in [3.8, 4) is 0 Å². The molecule has 0 N–H and O–H groups in total. The van der Waals surface area contributed by atoms with Crippen LogP contribution < -0.4 is 4.90 Å². The lowest BCUT2D eigenvalue weighted by Gasteiger charge is -2.31. The van der Waals surface area contributed by atoms with Gasteiger partial charge in [-0.3, -0.25) is 9.69 Å². The van der Waals surface area contributed by atoms with Crippen LogP contribution in [0.25, 0.3) is 0 Å². The van der Waals surface area contributed by atoms with Crippen LogP contribution in [0.1, 0.15) is 40.0 Å². The van der Waals surface area contributed by atoms with Crippen LogP contribution in [0.2, 0.25) is 0 Å². The van der Waals surface area contributed by atoms with Crippen LogP contribution in [-0.4, -0.2) is 51.0 Å². The molecule has 2 atom stereocenters. The first kappa shape index (κ1) is 18.1. The standard InChI is InChI=1S/C17H22N4O5/c1-17(2,3)26-16(23)20-11-4-5-13(20)10-19(15(22)8-11)12-6-7-14(18-9-12)21(24)25/h6-7,9,11,13H,4-5,8,10H2,1-3H3/t11?,13-/m0/s1. The highest BCUT2D eigenvalue weighted by Gasteiger charge is 2.44. The van der Waals surface area contributed by atoms with Crippen molar-refractivity contribution in [3.05, 3.63) is 28.4 Å². The third-order valence-electron chi connectivity index (χ3n) is 4.56. The number of hydrogen-bond acceptors (Lipinski definition) is 6. The maximum Gasteiger partial charge on any atom is 0.410 e. The number of nitrogens with zero attached hydrogens (tertiary/aromatic N) is 4. The number of anilines is 1. The van der Waals surface area contributed by atoms with Gasteiger partial charge in [0, 0.05) is 25.1 Å². The molecule has 1 unspecified atom stereocenters. The molecule has 1 aromatic rings. The molecule has 0 aromatic carbocycles. The van der Waals surface area contributed by atoms with Crippen LogP contribution in [0, 0.1) is 10.1 Å². The summed E-state index contributed by atoms with van der Waals surface area (Å²) in [5.41, 5.74) is -0.105. The van der Waals surface area contributed by atoms with Crippen LogP contribution in [0.15, 0.2) is 18.3 Å². The molecule has 26 heavy (non-hydrogen) atoms. The van der Waals surface area contributed by atoms with Gasteiger partial charge in [0.05, 0.1) is 11.7 Å². The van der Waals surface area contributed by atoms with Gasteiger partial charge in [0.15, 0.2) is 6.20 Å². The van der Waals surface area contributed by atoms with Gasteiger partial charge in [-0.1, -0.05) is 0 Å². The zero-order valence-corrected chi connectivity index (χ0v) is 15.0. The van der Waals surface area contributed by atoms with E-state index in [-0.39, 0.29) is 30.2 Å². The van der Waals surface area contributed by atoms with Crippen molar-refractivity contribution in [3.63, 3.8) is 0 Å². The Morgan fingerprint density at radius 2 is 2.00 bits per heavy atom. The van der Waals surface area contributed by atoms with E-state index in [0.29, 0.717) is 12.2 Å². The molecule has 1 aromatic heterocycles. The second kappa shape index (κ2) is 6.54. The molecule has 0 saturated carbocycles. The van der Waals surface area contributed by atoms with Crippen molar-refractivity contribution in [1.29, 1.82) is 0 Å². The van der Waals surface area contributed by atoms with Crippen molar-refractivity contribution in [2.75, 3.05) is 11.4 Å². The Kier molecular flexibility index (Phi) is 4.55. The molecule has 0 aliphatic carbocycles. The third-order valence-corrected chi connectivity index (χ3v) is 4.56. The molecular formula is C17H22N4O5. The predicted molar refractivity (Wildman–Crippen MR) is 92.7 cm³/mol. The summed E-state index contributed by atoms with van der Waals surface area (Å²) in [6.07, 6.45) is 2.68. The quantitative estimate of drug-likeness (QED) is 0.591. The van der Waals surface area contributed by atoms with E-state index in [2.05, 4.69) is 4.98 Å². The average Bonchev–Trinajstić information content (AvgIpc) is 2.85. The van der Waals surface area contributed by atoms with Crippen LogP contribution in [-0.2, 0) is 9.53 Å². The highest BCUT2D eigenvalue weighted by molar-refractivity contribution is 5.94. The molecule has 3 heterocycles. The molecule has 2 saturated heterocycles. The van der Waals surface area contributed by atoms with Crippen LogP contribution >= 0.6 is 0 Å². The molecule has 0 spiro atoms. The summed E-state index contributed by atoms with van der Waals surface area (Å²) < 4.78 is 5.50. The molecule has 9 heteroatoms. The number of nitro groups is 1. The minimum atomic E-state index is -0.602. The number of hydrogen-bond donors (Lipinski definition) is 0. The summed E-state index contributed by atoms with van der Waals surface area (Å²) in [5.74, 6) is -0.394. The molecule has 2 fully saturated rings. The van der Waals surface area contributed by atoms with Crippen molar-refractivity contribution in [2.24, 2.45) is 0 Å². The molecule has 3 rings (SSSR count). The van der Waals surface area contributed by atoms with Crippen LogP contribution in [0.4, 0.5) is 16.3 Å². The fraction of sp³-hybridized carbons (Fsp3) is 0.588. The van der Waals surface area contributed by atoms with Gasteiger partial charge in [-0.05, 0) is 49.6 Å². The number of rotatable bonds is 2. The monoisotopic (exact) mass is 362 g/mol. The normalized spacial score (nSPS) is 23.0. The van der Waals surface area contributed by atoms with Crippen LogP contribution in [0.5, 0.6) is 0 Å². The largest absolute Gasteiger partial charge is 0.444 e. The minimum Gasteiger partial charge on any atom is -0.444 e. The maximum absolute atomic E-state index is 12.7. The molecule has 0 radical (unpaired) electrons. The third kappa shape index (κ3) is 3.61. The minimum absolute atomic E-state index is 0.124. The summed E-state index contributed by atoms with van der Waals surface area (Å²) in [5, 5.41) is 10.7. The van der Waals surface area contributed by atoms with E-state index in [1.54, 1.807) is 9.80 Å². The Labute approximate surface area is 151 Å². The predicted octanol–water partition coefficient (Wildman–Crippen LogP) is 2.49. The number of ether oxygens (including phenoxy) is 1. The van der Waals surface area contributed by atoms with Gasteiger partial charge in [0.25, 0.3) is 0 Å². The summed E-state index contributed by atoms with van der Waals surface area (Å²) in [6, 6.07) is 2.46. The SMILES string of the molecule is CC(C)(C)OC(=O)N1C2CC[C@H]1CN(c1ccc([N+](=O)[O-])nc1)C(=O)C2. The van der Waals surface area contributed by atoms with Gasteiger partial charge in [-0.15, -0.1) is 0 Å². The van der Waals surface area contributed by atoms with Crippen molar-refractivity contribution < 1.29 is 19.2 Å². The highest BCUT2D eigenvalue weighted by atomic mass is 16.6. The Morgan fingerprint density at radius 3 is 2.58 bits per heavy atom. The fourth-order valence-electron chi connectivity index (χ4n) is 3.47. The highest BCUT2D eigenvalue weighted by Crippen LogP contribution is 2.34. The number of carbonyl (C=O) groups is 2. The van der Waals surface area contributed by atoms with Crippen molar-refractivity contribution in [2.45, 2.75) is 57.7 Å². The van der Waals surface area contributed by atoms with E-state index in [9.17, 15) is 19.7 Å². The second-order valence-corrected chi connectivity index (χ2v) is 7.61. The number of aromatic nitrogens is 1. The topological polar surface area (TPSA) is 106 Å². The Bertz CT molecular complexity index is 728. The Balaban J connectivity index is 1.81. The maximum atomic E-state index is 12.7. The number of amides is 2. The fourth-order valence-corrected chi connectivity index (χ4v) is 3.47. The zero-order valence-electron chi connectivity index (χ0n) is 15.0. The van der Waals surface area contributed by atoms with E-state index in [1.165, 1.54) is 18.3 Å². The molecule has 2 aliphatic heterocycles. The van der Waals surface area contributed by atoms with Gasteiger partial charge < -0.3 is 19.8 Å². The van der Waals surface area contributed by atoms with Gasteiger partial charge in [-0.25, -0.2) is 4.79 Å². The second-order valence-electron chi connectivity index (χ2n) is 7.61. The molecule has 2 amide bonds. The lowest BCUT2D eigenvalue weighted by Crippen LogP contribution is -2.45. The van der Waals surface area contributed by atoms with E-state index in [4.69, 9.17) is 4.74 Å². The average molecular weight is 362 g/mol. The van der Waals surface area contributed by atoms with Gasteiger partial charge >= 0.3 is 11.9 Å².